The summed E-state index contributed by atoms with van der Waals surface area (Å²) in [7, 11) is 0. The zero-order valence-corrected chi connectivity index (χ0v) is 8.70. The van der Waals surface area contributed by atoms with E-state index in [1.807, 2.05) is 0 Å². The van der Waals surface area contributed by atoms with Gasteiger partial charge in [0, 0.05) is 5.33 Å². The number of unbranched alkanes of at least 4 members (excludes halogenated alkanes) is 1. The number of allylic oxidation sites excluding steroid dienone is 2. The molecule has 0 saturated carbocycles. The Bertz CT molecular complexity index is 127. The summed E-state index contributed by atoms with van der Waals surface area (Å²) in [6.45, 7) is 0. The van der Waals surface area contributed by atoms with Crippen LogP contribution in [0.15, 0.2) is 11.6 Å². The Morgan fingerprint density at radius 2 is 2.18 bits per heavy atom. The predicted molar refractivity (Wildman–Crippen MR) is 54.2 cm³/mol. The van der Waals surface area contributed by atoms with E-state index in [1.165, 1.54) is 50.3 Å². The summed E-state index contributed by atoms with van der Waals surface area (Å²) >= 11 is 3.45. The Kier molecular flexibility index (Phi) is 4.92. The number of rotatable bonds is 4. The average molecular weight is 217 g/mol. The van der Waals surface area contributed by atoms with Crippen molar-refractivity contribution in [2.45, 2.75) is 44.9 Å². The standard InChI is InChI=1S/C10H17Br/c11-9-5-4-8-10-6-2-1-3-7-10/h6H,1-5,7-9H2. The van der Waals surface area contributed by atoms with Crippen LogP contribution in [0.1, 0.15) is 44.9 Å². The van der Waals surface area contributed by atoms with E-state index < -0.39 is 0 Å². The number of hydrogen-bond acceptors (Lipinski definition) is 0. The molecule has 0 amide bonds. The smallest absolute Gasteiger partial charge is 0.00314 e. The van der Waals surface area contributed by atoms with Crippen LogP contribution in [0.4, 0.5) is 0 Å². The highest BCUT2D eigenvalue weighted by Gasteiger charge is 2.02. The third-order valence-corrected chi connectivity index (χ3v) is 2.83. The fourth-order valence-corrected chi connectivity index (χ4v) is 1.97. The van der Waals surface area contributed by atoms with Crippen LogP contribution in [0.3, 0.4) is 0 Å². The fourth-order valence-electron chi connectivity index (χ4n) is 1.58. The van der Waals surface area contributed by atoms with Crippen molar-refractivity contribution in [1.82, 2.24) is 0 Å². The van der Waals surface area contributed by atoms with Crippen molar-refractivity contribution in [3.8, 4) is 0 Å². The van der Waals surface area contributed by atoms with Gasteiger partial charge in [0.05, 0.1) is 0 Å². The number of hydrogen-bond donors (Lipinski definition) is 0. The highest BCUT2D eigenvalue weighted by molar-refractivity contribution is 9.09. The van der Waals surface area contributed by atoms with E-state index in [4.69, 9.17) is 0 Å². The first-order valence-corrected chi connectivity index (χ1v) is 5.79. The van der Waals surface area contributed by atoms with E-state index in [0.717, 1.165) is 0 Å². The molecule has 1 aliphatic rings. The fraction of sp³-hybridized carbons (Fsp3) is 0.800. The van der Waals surface area contributed by atoms with Gasteiger partial charge in [0.15, 0.2) is 0 Å². The molecule has 0 saturated heterocycles. The largest absolute Gasteiger partial charge is 0.0928 e. The van der Waals surface area contributed by atoms with Gasteiger partial charge in [-0.25, -0.2) is 0 Å². The summed E-state index contributed by atoms with van der Waals surface area (Å²) in [6.07, 6.45) is 12.1. The van der Waals surface area contributed by atoms with Crippen molar-refractivity contribution in [1.29, 1.82) is 0 Å². The maximum atomic E-state index is 3.45. The van der Waals surface area contributed by atoms with E-state index >= 15 is 0 Å². The molecule has 0 N–H and O–H groups in total. The van der Waals surface area contributed by atoms with Crippen molar-refractivity contribution in [2.75, 3.05) is 5.33 Å². The molecule has 0 spiro atoms. The molecule has 0 nitrogen and oxygen atoms in total. The molecule has 0 unspecified atom stereocenters. The van der Waals surface area contributed by atoms with Gasteiger partial charge < -0.3 is 0 Å². The molecule has 1 aliphatic carbocycles. The molecule has 0 radical (unpaired) electrons. The van der Waals surface area contributed by atoms with Crippen molar-refractivity contribution < 1.29 is 0 Å². The zero-order valence-electron chi connectivity index (χ0n) is 7.11. The Morgan fingerprint density at radius 1 is 1.27 bits per heavy atom. The minimum absolute atomic E-state index is 1.17. The summed E-state index contributed by atoms with van der Waals surface area (Å²) in [5.74, 6) is 0. The van der Waals surface area contributed by atoms with Crippen LogP contribution in [0.5, 0.6) is 0 Å². The third kappa shape index (κ3) is 3.95. The van der Waals surface area contributed by atoms with Crippen LogP contribution >= 0.6 is 15.9 Å². The van der Waals surface area contributed by atoms with Gasteiger partial charge in [-0.05, 0) is 44.9 Å². The second kappa shape index (κ2) is 5.82. The number of alkyl halides is 1. The Balaban J connectivity index is 2.09. The average Bonchev–Trinajstić information content (AvgIpc) is 2.07. The van der Waals surface area contributed by atoms with Crippen LogP contribution in [0.2, 0.25) is 0 Å². The molecule has 1 heteroatoms. The molecule has 0 aromatic heterocycles. The van der Waals surface area contributed by atoms with Gasteiger partial charge in [-0.15, -0.1) is 0 Å². The first-order valence-electron chi connectivity index (χ1n) is 4.67. The topological polar surface area (TPSA) is 0 Å². The third-order valence-electron chi connectivity index (χ3n) is 2.27. The van der Waals surface area contributed by atoms with E-state index in [9.17, 15) is 0 Å². The summed E-state index contributed by atoms with van der Waals surface area (Å²) < 4.78 is 0. The molecule has 0 aromatic rings. The van der Waals surface area contributed by atoms with Crippen molar-refractivity contribution in [3.63, 3.8) is 0 Å². The molecular weight excluding hydrogens is 200 g/mol. The summed E-state index contributed by atoms with van der Waals surface area (Å²) in [4.78, 5) is 0. The lowest BCUT2D eigenvalue weighted by Crippen LogP contribution is -1.92. The molecule has 0 fully saturated rings. The monoisotopic (exact) mass is 216 g/mol. The molecule has 0 atom stereocenters. The predicted octanol–water partition coefficient (Wildman–Crippen LogP) is 4.05. The normalized spacial score (nSPS) is 18.1. The van der Waals surface area contributed by atoms with E-state index in [2.05, 4.69) is 22.0 Å². The molecule has 0 heterocycles. The zero-order chi connectivity index (χ0) is 7.94. The second-order valence-electron chi connectivity index (χ2n) is 3.25. The molecule has 0 bridgehead atoms. The van der Waals surface area contributed by atoms with E-state index in [-0.39, 0.29) is 0 Å². The number of halogens is 1. The van der Waals surface area contributed by atoms with E-state index in [1.54, 1.807) is 5.57 Å². The quantitative estimate of drug-likeness (QED) is 0.378. The van der Waals surface area contributed by atoms with E-state index in [0.29, 0.717) is 0 Å². The SMILES string of the molecule is BrCCCCC1=CCCCC1. The summed E-state index contributed by atoms with van der Waals surface area (Å²) in [6, 6.07) is 0. The summed E-state index contributed by atoms with van der Waals surface area (Å²) in [5.41, 5.74) is 1.72. The van der Waals surface area contributed by atoms with Gasteiger partial charge in [0.2, 0.25) is 0 Å². The lowest BCUT2D eigenvalue weighted by molar-refractivity contribution is 0.657. The van der Waals surface area contributed by atoms with Crippen molar-refractivity contribution in [2.24, 2.45) is 0 Å². The molecule has 0 aromatic carbocycles. The second-order valence-corrected chi connectivity index (χ2v) is 4.05. The van der Waals surface area contributed by atoms with Gasteiger partial charge in [0.1, 0.15) is 0 Å². The molecule has 11 heavy (non-hydrogen) atoms. The Labute approximate surface area is 78.2 Å². The minimum Gasteiger partial charge on any atom is -0.0928 e. The molecular formula is C10H17Br. The van der Waals surface area contributed by atoms with Crippen LogP contribution in [-0.2, 0) is 0 Å². The van der Waals surface area contributed by atoms with Gasteiger partial charge in [-0.3, -0.25) is 0 Å². The van der Waals surface area contributed by atoms with Crippen LogP contribution in [-0.4, -0.2) is 5.33 Å². The van der Waals surface area contributed by atoms with Gasteiger partial charge in [-0.1, -0.05) is 27.6 Å². The van der Waals surface area contributed by atoms with Gasteiger partial charge in [-0.2, -0.15) is 0 Å². The molecule has 64 valence electrons. The summed E-state index contributed by atoms with van der Waals surface area (Å²) in [5, 5.41) is 1.17. The highest BCUT2D eigenvalue weighted by atomic mass is 79.9. The first-order chi connectivity index (χ1) is 5.43. The van der Waals surface area contributed by atoms with Crippen molar-refractivity contribution >= 4 is 15.9 Å². The van der Waals surface area contributed by atoms with Crippen molar-refractivity contribution in [3.05, 3.63) is 11.6 Å². The lowest BCUT2D eigenvalue weighted by atomic mass is 9.96. The Hall–Kier alpha value is 0.220. The Morgan fingerprint density at radius 3 is 2.82 bits per heavy atom. The minimum atomic E-state index is 1.17. The van der Waals surface area contributed by atoms with Crippen LogP contribution in [0.25, 0.3) is 0 Å². The van der Waals surface area contributed by atoms with Gasteiger partial charge >= 0.3 is 0 Å². The maximum absolute atomic E-state index is 3.45. The first kappa shape index (κ1) is 9.31. The molecule has 1 rings (SSSR count). The molecule has 0 aliphatic heterocycles. The van der Waals surface area contributed by atoms with Crippen LogP contribution < -0.4 is 0 Å². The lowest BCUT2D eigenvalue weighted by Gasteiger charge is -2.11. The highest BCUT2D eigenvalue weighted by Crippen LogP contribution is 2.21. The van der Waals surface area contributed by atoms with Crippen LogP contribution in [0, 0.1) is 0 Å². The van der Waals surface area contributed by atoms with Gasteiger partial charge in [0.25, 0.3) is 0 Å². The maximum Gasteiger partial charge on any atom is 0.00314 e.